The number of methoxy groups -OCH3 is 1. The zero-order valence-corrected chi connectivity index (χ0v) is 18.9. The molecule has 3 aromatic carbocycles. The van der Waals surface area contributed by atoms with Crippen molar-refractivity contribution in [3.05, 3.63) is 82.8 Å². The van der Waals surface area contributed by atoms with E-state index in [4.69, 9.17) is 4.74 Å². The number of para-hydroxylation sites is 2. The Kier molecular flexibility index (Phi) is 6.79. The molecule has 0 unspecified atom stereocenters. The Morgan fingerprint density at radius 1 is 1.03 bits per heavy atom. The number of anilines is 2. The van der Waals surface area contributed by atoms with Crippen molar-refractivity contribution in [2.75, 3.05) is 23.3 Å². The monoisotopic (exact) mass is 488 g/mol. The van der Waals surface area contributed by atoms with Gasteiger partial charge in [-0.05, 0) is 49.4 Å². The summed E-state index contributed by atoms with van der Waals surface area (Å²) in [6.07, 6.45) is 0. The number of amides is 1. The van der Waals surface area contributed by atoms with Gasteiger partial charge in [-0.2, -0.15) is 0 Å². The molecule has 1 amide bonds. The summed E-state index contributed by atoms with van der Waals surface area (Å²) in [7, 11) is -2.56. The number of rotatable bonds is 7. The van der Waals surface area contributed by atoms with Gasteiger partial charge >= 0.3 is 0 Å². The van der Waals surface area contributed by atoms with E-state index in [0.717, 1.165) is 14.3 Å². The largest absolute Gasteiger partial charge is 0.495 e. The molecule has 0 saturated heterocycles. The number of nitrogens with one attached hydrogen (secondary N) is 1. The molecule has 3 aromatic rings. The predicted molar refractivity (Wildman–Crippen MR) is 121 cm³/mol. The molecule has 0 aliphatic heterocycles. The van der Waals surface area contributed by atoms with Gasteiger partial charge in [-0.3, -0.25) is 9.10 Å². The Morgan fingerprint density at radius 2 is 1.73 bits per heavy atom. The zero-order chi connectivity index (χ0) is 21.7. The van der Waals surface area contributed by atoms with Gasteiger partial charge in [0.25, 0.3) is 10.0 Å². The van der Waals surface area contributed by atoms with E-state index in [9.17, 15) is 13.2 Å². The summed E-state index contributed by atoms with van der Waals surface area (Å²) in [4.78, 5) is 12.9. The molecule has 6 nitrogen and oxygen atoms in total. The first kappa shape index (κ1) is 21.9. The van der Waals surface area contributed by atoms with Crippen LogP contribution < -0.4 is 14.4 Å². The molecule has 156 valence electrons. The molecule has 0 heterocycles. The summed E-state index contributed by atoms with van der Waals surface area (Å²) < 4.78 is 34.1. The van der Waals surface area contributed by atoms with Crippen LogP contribution >= 0.6 is 15.9 Å². The highest BCUT2D eigenvalue weighted by Crippen LogP contribution is 2.32. The molecule has 3 rings (SSSR count). The Labute approximate surface area is 184 Å². The lowest BCUT2D eigenvalue weighted by Crippen LogP contribution is -2.38. The molecule has 0 radical (unpaired) electrons. The summed E-state index contributed by atoms with van der Waals surface area (Å²) >= 11 is 3.35. The fourth-order valence-electron chi connectivity index (χ4n) is 2.87. The maximum atomic E-state index is 13.4. The SMILES string of the molecule is COc1ccccc1N(CC(=O)Nc1cccc(Br)c1)S(=O)(=O)c1ccc(C)cc1. The Balaban J connectivity index is 1.99. The van der Waals surface area contributed by atoms with E-state index in [1.54, 1.807) is 54.6 Å². The second-order valence-electron chi connectivity index (χ2n) is 6.56. The first-order valence-electron chi connectivity index (χ1n) is 9.09. The van der Waals surface area contributed by atoms with Crippen molar-refractivity contribution in [3.8, 4) is 5.75 Å². The zero-order valence-electron chi connectivity index (χ0n) is 16.5. The Hall–Kier alpha value is -2.84. The van der Waals surface area contributed by atoms with Crippen LogP contribution in [0.2, 0.25) is 0 Å². The smallest absolute Gasteiger partial charge is 0.264 e. The minimum absolute atomic E-state index is 0.0919. The molecule has 0 aliphatic carbocycles. The molecule has 0 atom stereocenters. The number of ether oxygens (including phenoxy) is 1. The molecular formula is C22H21BrN2O4S. The third-order valence-electron chi connectivity index (χ3n) is 4.36. The number of hydrogen-bond acceptors (Lipinski definition) is 4. The lowest BCUT2D eigenvalue weighted by atomic mass is 10.2. The second-order valence-corrected chi connectivity index (χ2v) is 9.33. The van der Waals surface area contributed by atoms with Crippen LogP contribution in [-0.2, 0) is 14.8 Å². The molecule has 8 heteroatoms. The highest BCUT2D eigenvalue weighted by Gasteiger charge is 2.29. The number of halogens is 1. The van der Waals surface area contributed by atoms with Crippen LogP contribution in [0.3, 0.4) is 0 Å². The van der Waals surface area contributed by atoms with Crippen LogP contribution in [0.5, 0.6) is 5.75 Å². The molecule has 0 saturated carbocycles. The van der Waals surface area contributed by atoms with Gasteiger partial charge in [0, 0.05) is 10.2 Å². The van der Waals surface area contributed by atoms with Crippen LogP contribution in [0.25, 0.3) is 0 Å². The minimum atomic E-state index is -4.02. The predicted octanol–water partition coefficient (Wildman–Crippen LogP) is 4.60. The summed E-state index contributed by atoms with van der Waals surface area (Å²) in [6, 6.07) is 20.3. The van der Waals surface area contributed by atoms with Gasteiger partial charge < -0.3 is 10.1 Å². The molecule has 0 aliphatic rings. The van der Waals surface area contributed by atoms with Crippen molar-refractivity contribution in [1.82, 2.24) is 0 Å². The molecule has 30 heavy (non-hydrogen) atoms. The third kappa shape index (κ3) is 5.01. The molecule has 0 spiro atoms. The van der Waals surface area contributed by atoms with E-state index in [1.165, 1.54) is 19.2 Å². The number of benzene rings is 3. The molecular weight excluding hydrogens is 468 g/mol. The molecule has 0 fully saturated rings. The lowest BCUT2D eigenvalue weighted by Gasteiger charge is -2.25. The number of hydrogen-bond donors (Lipinski definition) is 1. The van der Waals surface area contributed by atoms with Crippen molar-refractivity contribution in [1.29, 1.82) is 0 Å². The van der Waals surface area contributed by atoms with Crippen LogP contribution in [0.15, 0.2) is 82.2 Å². The maximum absolute atomic E-state index is 13.4. The maximum Gasteiger partial charge on any atom is 0.264 e. The van der Waals surface area contributed by atoms with E-state index in [1.807, 2.05) is 13.0 Å². The van der Waals surface area contributed by atoms with E-state index >= 15 is 0 Å². The lowest BCUT2D eigenvalue weighted by molar-refractivity contribution is -0.114. The summed E-state index contributed by atoms with van der Waals surface area (Å²) in [6.45, 7) is 1.46. The van der Waals surface area contributed by atoms with Gasteiger partial charge in [-0.1, -0.05) is 51.8 Å². The van der Waals surface area contributed by atoms with Gasteiger partial charge in [0.1, 0.15) is 12.3 Å². The minimum Gasteiger partial charge on any atom is -0.495 e. The summed E-state index contributed by atoms with van der Waals surface area (Å²) in [5.74, 6) is -0.127. The van der Waals surface area contributed by atoms with E-state index in [0.29, 0.717) is 11.4 Å². The topological polar surface area (TPSA) is 75.7 Å². The second kappa shape index (κ2) is 9.32. The van der Waals surface area contributed by atoms with Gasteiger partial charge in [0.05, 0.1) is 17.7 Å². The molecule has 0 aromatic heterocycles. The van der Waals surface area contributed by atoms with Crippen LogP contribution in [0.4, 0.5) is 11.4 Å². The first-order chi connectivity index (χ1) is 14.3. The van der Waals surface area contributed by atoms with Crippen molar-refractivity contribution < 1.29 is 17.9 Å². The van der Waals surface area contributed by atoms with Crippen LogP contribution in [0, 0.1) is 6.92 Å². The summed E-state index contributed by atoms with van der Waals surface area (Å²) in [5, 5.41) is 2.74. The third-order valence-corrected chi connectivity index (χ3v) is 6.63. The fourth-order valence-corrected chi connectivity index (χ4v) is 4.70. The molecule has 0 bridgehead atoms. The normalized spacial score (nSPS) is 11.0. The van der Waals surface area contributed by atoms with Gasteiger partial charge in [0.15, 0.2) is 0 Å². The van der Waals surface area contributed by atoms with Crippen molar-refractivity contribution >= 4 is 43.2 Å². The van der Waals surface area contributed by atoms with Crippen LogP contribution in [0.1, 0.15) is 5.56 Å². The first-order valence-corrected chi connectivity index (χ1v) is 11.3. The number of sulfonamides is 1. The van der Waals surface area contributed by atoms with Crippen molar-refractivity contribution in [2.45, 2.75) is 11.8 Å². The highest BCUT2D eigenvalue weighted by molar-refractivity contribution is 9.10. The summed E-state index contributed by atoms with van der Waals surface area (Å²) in [5.41, 5.74) is 1.78. The van der Waals surface area contributed by atoms with E-state index in [2.05, 4.69) is 21.2 Å². The van der Waals surface area contributed by atoms with Crippen LogP contribution in [-0.4, -0.2) is 28.0 Å². The van der Waals surface area contributed by atoms with E-state index < -0.39 is 22.5 Å². The average Bonchev–Trinajstić information content (AvgIpc) is 2.72. The average molecular weight is 489 g/mol. The van der Waals surface area contributed by atoms with Crippen molar-refractivity contribution in [3.63, 3.8) is 0 Å². The Morgan fingerprint density at radius 3 is 2.40 bits per heavy atom. The van der Waals surface area contributed by atoms with Gasteiger partial charge in [-0.25, -0.2) is 8.42 Å². The number of carbonyl (C=O) groups excluding carboxylic acids is 1. The van der Waals surface area contributed by atoms with Gasteiger partial charge in [0.2, 0.25) is 5.91 Å². The van der Waals surface area contributed by atoms with Crippen molar-refractivity contribution in [2.24, 2.45) is 0 Å². The number of nitrogens with zero attached hydrogens (tertiary/aromatic N) is 1. The standard InChI is InChI=1S/C22H21BrN2O4S/c1-16-10-12-19(13-11-16)30(27,28)25(20-8-3-4-9-21(20)29-2)15-22(26)24-18-7-5-6-17(23)14-18/h3-14H,15H2,1-2H3,(H,24,26). The highest BCUT2D eigenvalue weighted by atomic mass is 79.9. The van der Waals surface area contributed by atoms with Gasteiger partial charge in [-0.15, -0.1) is 0 Å². The molecule has 1 N–H and O–H groups in total. The Bertz CT molecular complexity index is 1150. The number of aryl methyl sites for hydroxylation is 1. The van der Waals surface area contributed by atoms with E-state index in [-0.39, 0.29) is 10.6 Å². The quantitative estimate of drug-likeness (QED) is 0.527. The number of carbonyl (C=O) groups is 1. The fraction of sp³-hybridized carbons (Fsp3) is 0.136.